The van der Waals surface area contributed by atoms with Gasteiger partial charge in [-0.25, -0.2) is 4.79 Å². The molecule has 0 unspecified atom stereocenters. The fraction of sp³-hybridized carbons (Fsp3) is 0.824. The van der Waals surface area contributed by atoms with Crippen LogP contribution in [0.2, 0.25) is 0 Å². The predicted octanol–water partition coefficient (Wildman–Crippen LogP) is -0.167. The number of carbonyl (C=O) groups excluding carboxylic acids is 3. The number of amides is 4. The molecule has 1 saturated carbocycles. The summed E-state index contributed by atoms with van der Waals surface area (Å²) in [7, 11) is 0. The number of rotatable bonds is 3. The number of hydrogen-bond acceptors (Lipinski definition) is 3. The summed E-state index contributed by atoms with van der Waals surface area (Å²) in [5.74, 6) is 0.635. The molecule has 2 aliphatic heterocycles. The maximum absolute atomic E-state index is 12.6. The van der Waals surface area contributed by atoms with Gasteiger partial charge in [-0.05, 0) is 19.3 Å². The van der Waals surface area contributed by atoms with Gasteiger partial charge in [0.2, 0.25) is 0 Å². The first-order valence-electron chi connectivity index (χ1n) is 9.19. The zero-order valence-electron chi connectivity index (χ0n) is 14.7. The zero-order valence-corrected chi connectivity index (χ0v) is 14.7. The molecule has 134 valence electrons. The summed E-state index contributed by atoms with van der Waals surface area (Å²) in [6.45, 7) is 6.64. The molecular formula is C17H29N4O3+. The lowest BCUT2D eigenvalue weighted by atomic mass is 9.82. The van der Waals surface area contributed by atoms with E-state index in [1.807, 2.05) is 0 Å². The normalized spacial score (nSPS) is 32.8. The molecule has 3 fully saturated rings. The van der Waals surface area contributed by atoms with Crippen molar-refractivity contribution in [3.8, 4) is 0 Å². The quantitative estimate of drug-likeness (QED) is 0.626. The van der Waals surface area contributed by atoms with Crippen molar-refractivity contribution in [2.75, 3.05) is 19.6 Å². The Hall–Kier alpha value is -1.63. The van der Waals surface area contributed by atoms with Crippen LogP contribution in [0, 0.1) is 11.8 Å². The van der Waals surface area contributed by atoms with Crippen molar-refractivity contribution in [1.29, 1.82) is 0 Å². The van der Waals surface area contributed by atoms with Crippen LogP contribution in [0.4, 0.5) is 4.79 Å². The number of nitrogens with zero attached hydrogens (tertiary/aromatic N) is 1. The van der Waals surface area contributed by atoms with Crippen LogP contribution in [-0.2, 0) is 9.59 Å². The molecule has 7 nitrogen and oxygen atoms in total. The number of quaternary nitrogens is 1. The van der Waals surface area contributed by atoms with Crippen LogP contribution in [0.15, 0.2) is 0 Å². The molecule has 1 spiro atoms. The van der Waals surface area contributed by atoms with Gasteiger partial charge in [0.1, 0.15) is 5.54 Å². The molecule has 0 radical (unpaired) electrons. The third kappa shape index (κ3) is 3.41. The molecule has 2 heterocycles. The number of piperidine rings is 1. The Kier molecular flexibility index (Phi) is 4.80. The Morgan fingerprint density at radius 3 is 2.46 bits per heavy atom. The second kappa shape index (κ2) is 6.70. The third-order valence-electron chi connectivity index (χ3n) is 5.59. The maximum Gasteiger partial charge on any atom is 0.344 e. The van der Waals surface area contributed by atoms with Gasteiger partial charge < -0.3 is 10.2 Å². The van der Waals surface area contributed by atoms with E-state index >= 15 is 0 Å². The molecule has 0 bridgehead atoms. The summed E-state index contributed by atoms with van der Waals surface area (Å²) in [5.41, 5.74) is 1.75. The van der Waals surface area contributed by atoms with E-state index in [1.54, 1.807) is 0 Å². The molecular weight excluding hydrogens is 308 g/mol. The van der Waals surface area contributed by atoms with Crippen molar-refractivity contribution in [3.05, 3.63) is 0 Å². The van der Waals surface area contributed by atoms with Crippen LogP contribution in [0.1, 0.15) is 52.4 Å². The van der Waals surface area contributed by atoms with Crippen LogP contribution in [0.5, 0.6) is 0 Å². The predicted molar refractivity (Wildman–Crippen MR) is 87.8 cm³/mol. The average molecular weight is 337 g/mol. The number of nitrogens with one attached hydrogen (secondary N) is 3. The number of carbonyl (C=O) groups is 3. The molecule has 4 amide bonds. The molecule has 24 heavy (non-hydrogen) atoms. The van der Waals surface area contributed by atoms with E-state index in [0.29, 0.717) is 31.2 Å². The number of hydrogen-bond donors (Lipinski definition) is 3. The smallest absolute Gasteiger partial charge is 0.327 e. The lowest BCUT2D eigenvalue weighted by Crippen LogP contribution is -3.15. The van der Waals surface area contributed by atoms with E-state index in [9.17, 15) is 14.4 Å². The summed E-state index contributed by atoms with van der Waals surface area (Å²) in [6, 6.07) is -0.495. The Morgan fingerprint density at radius 2 is 1.83 bits per heavy atom. The van der Waals surface area contributed by atoms with Crippen LogP contribution < -0.4 is 15.6 Å². The van der Waals surface area contributed by atoms with Gasteiger partial charge in [0.25, 0.3) is 11.8 Å². The molecule has 1 aliphatic carbocycles. The number of hydrazine groups is 1. The summed E-state index contributed by atoms with van der Waals surface area (Å²) in [5, 5.41) is 3.71. The number of urea groups is 1. The van der Waals surface area contributed by atoms with E-state index < -0.39 is 11.6 Å². The SMILES string of the molecule is C[C@@H]1C[C@@H](C)C[NH+](CC(=O)NN2C(=O)NC3(CCCCC3)C2=O)C1. The molecule has 2 saturated heterocycles. The van der Waals surface area contributed by atoms with Crippen molar-refractivity contribution in [3.63, 3.8) is 0 Å². The van der Waals surface area contributed by atoms with Gasteiger partial charge in [-0.15, -0.1) is 0 Å². The number of imide groups is 1. The molecule has 3 N–H and O–H groups in total. The molecule has 0 aromatic rings. The molecule has 3 aliphatic rings. The molecule has 3 rings (SSSR count). The Balaban J connectivity index is 1.58. The summed E-state index contributed by atoms with van der Waals surface area (Å²) in [4.78, 5) is 38.4. The zero-order chi connectivity index (χ0) is 17.3. The largest absolute Gasteiger partial charge is 0.344 e. The van der Waals surface area contributed by atoms with Gasteiger partial charge in [-0.3, -0.25) is 15.0 Å². The molecule has 0 aromatic carbocycles. The second-order valence-electron chi connectivity index (χ2n) is 8.03. The first-order valence-corrected chi connectivity index (χ1v) is 9.19. The van der Waals surface area contributed by atoms with Crippen molar-refractivity contribution < 1.29 is 19.3 Å². The molecule has 0 aromatic heterocycles. The van der Waals surface area contributed by atoms with Crippen molar-refractivity contribution in [2.45, 2.75) is 57.9 Å². The van der Waals surface area contributed by atoms with Gasteiger partial charge in [0.15, 0.2) is 6.54 Å². The third-order valence-corrected chi connectivity index (χ3v) is 5.59. The second-order valence-corrected chi connectivity index (χ2v) is 8.03. The standard InChI is InChI=1S/C17H28N4O3/c1-12-8-13(2)10-20(9-12)11-14(22)19-21-15(23)17(18-16(21)24)6-4-3-5-7-17/h12-13H,3-11H2,1-2H3,(H,18,24)(H,19,22)/p+1/t12-,13-/m1/s1. The van der Waals surface area contributed by atoms with Crippen LogP contribution in [0.25, 0.3) is 0 Å². The van der Waals surface area contributed by atoms with Gasteiger partial charge in [0.05, 0.1) is 13.1 Å². The minimum Gasteiger partial charge on any atom is -0.327 e. The molecule has 2 atom stereocenters. The van der Waals surface area contributed by atoms with Gasteiger partial charge in [-0.2, -0.15) is 5.01 Å². The summed E-state index contributed by atoms with van der Waals surface area (Å²) in [6.07, 6.45) is 5.47. The highest BCUT2D eigenvalue weighted by Crippen LogP contribution is 2.32. The minimum atomic E-state index is -0.788. The Labute approximate surface area is 143 Å². The fourth-order valence-electron chi connectivity index (χ4n) is 4.67. The van der Waals surface area contributed by atoms with Gasteiger partial charge >= 0.3 is 6.03 Å². The van der Waals surface area contributed by atoms with Crippen molar-refractivity contribution in [2.24, 2.45) is 11.8 Å². The van der Waals surface area contributed by atoms with E-state index in [0.717, 1.165) is 37.4 Å². The van der Waals surface area contributed by atoms with Crippen molar-refractivity contribution in [1.82, 2.24) is 15.8 Å². The Morgan fingerprint density at radius 1 is 1.21 bits per heavy atom. The topological polar surface area (TPSA) is 82.9 Å². The Bertz CT molecular complexity index is 520. The van der Waals surface area contributed by atoms with Crippen LogP contribution >= 0.6 is 0 Å². The lowest BCUT2D eigenvalue weighted by Gasteiger charge is -2.32. The molecule has 7 heteroatoms. The maximum atomic E-state index is 12.6. The van der Waals surface area contributed by atoms with Crippen LogP contribution in [0.3, 0.4) is 0 Å². The van der Waals surface area contributed by atoms with Gasteiger partial charge in [-0.1, -0.05) is 33.1 Å². The average Bonchev–Trinajstić information content (AvgIpc) is 2.71. The van der Waals surface area contributed by atoms with Crippen LogP contribution in [-0.4, -0.2) is 48.0 Å². The first kappa shape index (κ1) is 17.2. The minimum absolute atomic E-state index is 0.261. The van der Waals surface area contributed by atoms with E-state index in [2.05, 4.69) is 24.6 Å². The lowest BCUT2D eigenvalue weighted by molar-refractivity contribution is -0.904. The van der Waals surface area contributed by atoms with E-state index in [4.69, 9.17) is 0 Å². The highest BCUT2D eigenvalue weighted by Gasteiger charge is 2.52. The fourth-order valence-corrected chi connectivity index (χ4v) is 4.67. The number of likely N-dealkylation sites (tertiary alicyclic amines) is 1. The van der Waals surface area contributed by atoms with Gasteiger partial charge in [0, 0.05) is 11.8 Å². The van der Waals surface area contributed by atoms with Crippen molar-refractivity contribution >= 4 is 17.8 Å². The van der Waals surface area contributed by atoms with E-state index in [1.165, 1.54) is 11.3 Å². The van der Waals surface area contributed by atoms with E-state index in [-0.39, 0.29) is 11.8 Å². The first-order chi connectivity index (χ1) is 11.4. The summed E-state index contributed by atoms with van der Waals surface area (Å²) < 4.78 is 0. The summed E-state index contributed by atoms with van der Waals surface area (Å²) >= 11 is 0. The highest BCUT2D eigenvalue weighted by molar-refractivity contribution is 6.08. The monoisotopic (exact) mass is 337 g/mol. The highest BCUT2D eigenvalue weighted by atomic mass is 16.2.